The lowest BCUT2D eigenvalue weighted by atomic mass is 10.1. The second-order valence-electron chi connectivity index (χ2n) is 6.89. The molecular formula is C21H17ClN4O2S. The van der Waals surface area contributed by atoms with Gasteiger partial charge in [0.25, 0.3) is 5.91 Å². The Bertz CT molecular complexity index is 1210. The van der Waals surface area contributed by atoms with E-state index in [2.05, 4.69) is 15.0 Å². The van der Waals surface area contributed by atoms with Gasteiger partial charge in [-0.25, -0.2) is 4.98 Å². The molecule has 1 amide bonds. The van der Waals surface area contributed by atoms with Crippen molar-refractivity contribution in [1.29, 1.82) is 0 Å². The molecule has 1 unspecified atom stereocenters. The summed E-state index contributed by atoms with van der Waals surface area (Å²) < 4.78 is 6.74. The summed E-state index contributed by atoms with van der Waals surface area (Å²) in [7, 11) is 0. The van der Waals surface area contributed by atoms with Crippen LogP contribution in [0, 0.1) is 0 Å². The fourth-order valence-corrected chi connectivity index (χ4v) is 4.78. The second kappa shape index (κ2) is 7.67. The highest BCUT2D eigenvalue weighted by atomic mass is 35.5. The van der Waals surface area contributed by atoms with Crippen LogP contribution in [0.5, 0.6) is 0 Å². The Morgan fingerprint density at radius 2 is 2.07 bits per heavy atom. The number of ether oxygens (including phenoxy) is 1. The Kier molecular flexibility index (Phi) is 4.87. The van der Waals surface area contributed by atoms with E-state index >= 15 is 0 Å². The zero-order valence-corrected chi connectivity index (χ0v) is 17.0. The van der Waals surface area contributed by atoms with E-state index in [9.17, 15) is 4.79 Å². The summed E-state index contributed by atoms with van der Waals surface area (Å²) in [5, 5.41) is 1.20. The van der Waals surface area contributed by atoms with Gasteiger partial charge in [-0.1, -0.05) is 29.0 Å². The Morgan fingerprint density at radius 1 is 1.21 bits per heavy atom. The highest BCUT2D eigenvalue weighted by Crippen LogP contribution is 2.34. The number of fused-ring (bicyclic) bond motifs is 2. The lowest BCUT2D eigenvalue weighted by molar-refractivity contribution is 0.0917. The molecule has 29 heavy (non-hydrogen) atoms. The third-order valence-corrected chi connectivity index (χ3v) is 6.31. The molecule has 1 aliphatic rings. The maximum atomic E-state index is 13.5. The van der Waals surface area contributed by atoms with E-state index in [0.717, 1.165) is 29.7 Å². The average molecular weight is 425 g/mol. The number of amides is 1. The lowest BCUT2D eigenvalue weighted by Gasteiger charge is -2.23. The number of aromatic nitrogens is 3. The molecule has 1 fully saturated rings. The number of rotatable bonds is 4. The van der Waals surface area contributed by atoms with Crippen LogP contribution in [-0.4, -0.2) is 40.1 Å². The lowest BCUT2D eigenvalue weighted by Crippen LogP contribution is -2.37. The molecule has 8 heteroatoms. The van der Waals surface area contributed by atoms with E-state index < -0.39 is 0 Å². The molecule has 0 bridgehead atoms. The minimum Gasteiger partial charge on any atom is -0.376 e. The maximum Gasteiger partial charge on any atom is 0.260 e. The standard InChI is InChI=1S/C21H17ClN4O2S/c22-15-4-1-5-18-19(15)25-21(29-18)26(12-14-3-2-10-28-14)20(27)13-6-7-16-17(11-13)24-9-8-23-16/h1,4-9,11,14H,2-3,10,12H2. The Balaban J connectivity index is 1.56. The summed E-state index contributed by atoms with van der Waals surface area (Å²) in [6, 6.07) is 11.0. The summed E-state index contributed by atoms with van der Waals surface area (Å²) in [6.07, 6.45) is 5.19. The van der Waals surface area contributed by atoms with Gasteiger partial charge in [0.1, 0.15) is 5.52 Å². The fourth-order valence-electron chi connectivity index (χ4n) is 3.51. The van der Waals surface area contributed by atoms with Crippen LogP contribution < -0.4 is 4.90 Å². The van der Waals surface area contributed by atoms with Crippen molar-refractivity contribution in [2.45, 2.75) is 18.9 Å². The summed E-state index contributed by atoms with van der Waals surface area (Å²) >= 11 is 7.76. The summed E-state index contributed by atoms with van der Waals surface area (Å²) in [5.41, 5.74) is 2.69. The van der Waals surface area contributed by atoms with Crippen LogP contribution in [0.25, 0.3) is 21.3 Å². The third-order valence-electron chi connectivity index (χ3n) is 4.96. The number of halogens is 1. The van der Waals surface area contributed by atoms with Gasteiger partial charge in [-0.3, -0.25) is 19.7 Å². The van der Waals surface area contributed by atoms with E-state index in [0.29, 0.717) is 33.3 Å². The third kappa shape index (κ3) is 3.57. The number of para-hydroxylation sites is 1. The molecule has 0 aliphatic carbocycles. The zero-order chi connectivity index (χ0) is 19.8. The smallest absolute Gasteiger partial charge is 0.260 e. The van der Waals surface area contributed by atoms with Crippen LogP contribution >= 0.6 is 22.9 Å². The van der Waals surface area contributed by atoms with Gasteiger partial charge >= 0.3 is 0 Å². The number of carbonyl (C=O) groups excluding carboxylic acids is 1. The van der Waals surface area contributed by atoms with Gasteiger partial charge in [0, 0.05) is 24.6 Å². The van der Waals surface area contributed by atoms with Gasteiger partial charge < -0.3 is 4.74 Å². The van der Waals surface area contributed by atoms with E-state index in [4.69, 9.17) is 16.3 Å². The minimum absolute atomic E-state index is 0.00156. The quantitative estimate of drug-likeness (QED) is 0.474. The van der Waals surface area contributed by atoms with Gasteiger partial charge in [0.15, 0.2) is 5.13 Å². The average Bonchev–Trinajstić information content (AvgIpc) is 3.41. The predicted octanol–water partition coefficient (Wildman–Crippen LogP) is 4.72. The number of carbonyl (C=O) groups is 1. The molecular weight excluding hydrogens is 408 g/mol. The van der Waals surface area contributed by atoms with Crippen molar-refractivity contribution in [1.82, 2.24) is 15.0 Å². The number of hydrogen-bond acceptors (Lipinski definition) is 6. The van der Waals surface area contributed by atoms with Crippen molar-refractivity contribution >= 4 is 55.2 Å². The first-order valence-corrected chi connectivity index (χ1v) is 10.6. The van der Waals surface area contributed by atoms with Crippen LogP contribution in [0.2, 0.25) is 5.02 Å². The Morgan fingerprint density at radius 3 is 2.86 bits per heavy atom. The fraction of sp³-hybridized carbons (Fsp3) is 0.238. The number of anilines is 1. The first kappa shape index (κ1) is 18.4. The first-order chi connectivity index (χ1) is 14.2. The highest BCUT2D eigenvalue weighted by Gasteiger charge is 2.27. The number of nitrogens with zero attached hydrogens (tertiary/aromatic N) is 4. The number of benzene rings is 2. The molecule has 1 atom stereocenters. The van der Waals surface area contributed by atoms with Crippen molar-refractivity contribution in [3.63, 3.8) is 0 Å². The van der Waals surface area contributed by atoms with Crippen molar-refractivity contribution in [3.8, 4) is 0 Å². The van der Waals surface area contributed by atoms with Crippen LogP contribution in [0.3, 0.4) is 0 Å². The van der Waals surface area contributed by atoms with Gasteiger partial charge in [-0.05, 0) is 43.2 Å². The van der Waals surface area contributed by atoms with Crippen LogP contribution in [0.4, 0.5) is 5.13 Å². The van der Waals surface area contributed by atoms with Crippen molar-refractivity contribution < 1.29 is 9.53 Å². The molecule has 0 spiro atoms. The second-order valence-corrected chi connectivity index (χ2v) is 8.31. The molecule has 2 aromatic carbocycles. The molecule has 0 saturated carbocycles. The molecule has 0 radical (unpaired) electrons. The number of thiazole rings is 1. The molecule has 5 rings (SSSR count). The van der Waals surface area contributed by atoms with Gasteiger partial charge in [0.2, 0.25) is 0 Å². The van der Waals surface area contributed by atoms with E-state index in [-0.39, 0.29) is 12.0 Å². The maximum absolute atomic E-state index is 13.5. The van der Waals surface area contributed by atoms with E-state index in [1.54, 1.807) is 29.4 Å². The minimum atomic E-state index is -0.136. The predicted molar refractivity (Wildman–Crippen MR) is 115 cm³/mol. The Labute approximate surface area is 176 Å². The van der Waals surface area contributed by atoms with Crippen molar-refractivity contribution in [2.24, 2.45) is 0 Å². The normalized spacial score (nSPS) is 16.5. The topological polar surface area (TPSA) is 68.2 Å². The molecule has 3 heterocycles. The molecule has 1 aliphatic heterocycles. The monoisotopic (exact) mass is 424 g/mol. The molecule has 4 aromatic rings. The number of hydrogen-bond donors (Lipinski definition) is 0. The molecule has 1 saturated heterocycles. The van der Waals surface area contributed by atoms with Gasteiger partial charge in [-0.2, -0.15) is 0 Å². The van der Waals surface area contributed by atoms with Gasteiger partial charge in [0.05, 0.1) is 33.4 Å². The van der Waals surface area contributed by atoms with Gasteiger partial charge in [-0.15, -0.1) is 0 Å². The largest absolute Gasteiger partial charge is 0.376 e. The van der Waals surface area contributed by atoms with Crippen molar-refractivity contribution in [3.05, 3.63) is 59.4 Å². The molecule has 6 nitrogen and oxygen atoms in total. The van der Waals surface area contributed by atoms with Crippen LogP contribution in [0.15, 0.2) is 48.8 Å². The summed E-state index contributed by atoms with van der Waals surface area (Å²) in [5.74, 6) is -0.136. The summed E-state index contributed by atoms with van der Waals surface area (Å²) in [6.45, 7) is 1.18. The first-order valence-electron chi connectivity index (χ1n) is 9.38. The van der Waals surface area contributed by atoms with Crippen LogP contribution in [0.1, 0.15) is 23.2 Å². The molecule has 0 N–H and O–H groups in total. The molecule has 2 aromatic heterocycles. The molecule has 146 valence electrons. The highest BCUT2D eigenvalue weighted by molar-refractivity contribution is 7.22. The summed E-state index contributed by atoms with van der Waals surface area (Å²) in [4.78, 5) is 28.5. The zero-order valence-electron chi connectivity index (χ0n) is 15.4. The SMILES string of the molecule is O=C(c1ccc2nccnc2c1)N(CC1CCCO1)c1nc2c(Cl)cccc2s1. The Hall–Kier alpha value is -2.61. The van der Waals surface area contributed by atoms with Crippen molar-refractivity contribution in [2.75, 3.05) is 18.1 Å². The van der Waals surface area contributed by atoms with E-state index in [1.807, 2.05) is 24.3 Å². The van der Waals surface area contributed by atoms with E-state index in [1.165, 1.54) is 11.3 Å². The van der Waals surface area contributed by atoms with Crippen LogP contribution in [-0.2, 0) is 4.74 Å².